The Morgan fingerprint density at radius 2 is 2.02 bits per heavy atom. The first-order valence-electron chi connectivity index (χ1n) is 14.7. The first-order valence-corrected chi connectivity index (χ1v) is 14.7. The van der Waals surface area contributed by atoms with E-state index < -0.39 is 35.0 Å². The highest BCUT2D eigenvalue weighted by Gasteiger charge is 2.46. The van der Waals surface area contributed by atoms with Crippen LogP contribution in [0.4, 0.5) is 4.39 Å². The lowest BCUT2D eigenvalue weighted by Crippen LogP contribution is -2.44. The molecule has 0 saturated heterocycles. The fourth-order valence-electron chi connectivity index (χ4n) is 6.87. The van der Waals surface area contributed by atoms with Crippen molar-refractivity contribution in [2.24, 2.45) is 5.73 Å². The summed E-state index contributed by atoms with van der Waals surface area (Å²) < 4.78 is 21.8. The Labute approximate surface area is 251 Å². The molecule has 44 heavy (non-hydrogen) atoms. The number of aliphatic hydroxyl groups is 1. The number of aliphatic carboxylic acids is 1. The fraction of sp³-hybridized carbons (Fsp3) is 0.452. The van der Waals surface area contributed by atoms with Crippen molar-refractivity contribution in [1.29, 1.82) is 0 Å². The minimum Gasteiger partial charge on any atom is -0.480 e. The van der Waals surface area contributed by atoms with Crippen LogP contribution in [0.25, 0.3) is 22.3 Å². The zero-order chi connectivity index (χ0) is 31.5. The number of cyclic esters (lactones) is 1. The summed E-state index contributed by atoms with van der Waals surface area (Å²) in [6.07, 6.45) is 1.03. The van der Waals surface area contributed by atoms with Gasteiger partial charge in [0, 0.05) is 48.6 Å². The van der Waals surface area contributed by atoms with Gasteiger partial charge in [0.1, 0.15) is 12.4 Å². The third-order valence-electron chi connectivity index (χ3n) is 9.17. The number of nitrogens with zero attached hydrogens (tertiary/aromatic N) is 3. The second-order valence-corrected chi connectivity index (χ2v) is 11.7. The van der Waals surface area contributed by atoms with Crippen LogP contribution in [-0.2, 0) is 44.3 Å². The monoisotopic (exact) mass is 607 g/mol. The van der Waals surface area contributed by atoms with E-state index in [9.17, 15) is 29.4 Å². The second-order valence-electron chi connectivity index (χ2n) is 11.7. The van der Waals surface area contributed by atoms with Crippen molar-refractivity contribution in [3.8, 4) is 11.4 Å². The van der Waals surface area contributed by atoms with Crippen molar-refractivity contribution >= 4 is 28.7 Å². The molecule has 2 atom stereocenters. The number of carbonyl (C=O) groups is 3. The van der Waals surface area contributed by atoms with Gasteiger partial charge in [-0.2, -0.15) is 0 Å². The van der Waals surface area contributed by atoms with Gasteiger partial charge in [0.05, 0.1) is 41.6 Å². The number of esters is 1. The quantitative estimate of drug-likeness (QED) is 0.203. The van der Waals surface area contributed by atoms with Crippen LogP contribution in [-0.4, -0.2) is 68.7 Å². The van der Waals surface area contributed by atoms with E-state index >= 15 is 4.39 Å². The predicted molar refractivity (Wildman–Crippen MR) is 156 cm³/mol. The summed E-state index contributed by atoms with van der Waals surface area (Å²) in [5.74, 6) is -2.52. The number of amides is 1. The van der Waals surface area contributed by atoms with Gasteiger partial charge in [-0.3, -0.25) is 19.3 Å². The number of aryl methyl sites for hydroxylation is 1. The third-order valence-corrected chi connectivity index (χ3v) is 9.17. The number of hydrogen-bond donors (Lipinski definition) is 4. The maximum absolute atomic E-state index is 15.1. The predicted octanol–water partition coefficient (Wildman–Crippen LogP) is 1.37. The molecule has 12 nitrogen and oxygen atoms in total. The molecule has 1 aliphatic carbocycles. The summed E-state index contributed by atoms with van der Waals surface area (Å²) in [6, 6.07) is 2.49. The first kappa shape index (κ1) is 29.9. The number of hydrogen-bond acceptors (Lipinski definition) is 9. The van der Waals surface area contributed by atoms with Crippen LogP contribution >= 0.6 is 0 Å². The Bertz CT molecular complexity index is 1800. The molecule has 0 bridgehead atoms. The van der Waals surface area contributed by atoms with Crippen molar-refractivity contribution < 1.29 is 33.7 Å². The molecule has 0 saturated carbocycles. The number of rotatable bonds is 9. The molecule has 2 aromatic heterocycles. The summed E-state index contributed by atoms with van der Waals surface area (Å²) in [4.78, 5) is 57.2. The first-order chi connectivity index (χ1) is 21.0. The Morgan fingerprint density at radius 3 is 2.73 bits per heavy atom. The van der Waals surface area contributed by atoms with Crippen LogP contribution < -0.4 is 16.6 Å². The summed E-state index contributed by atoms with van der Waals surface area (Å²) >= 11 is 0. The van der Waals surface area contributed by atoms with Crippen molar-refractivity contribution in [2.45, 2.75) is 64.3 Å². The molecule has 1 aromatic carbocycles. The van der Waals surface area contributed by atoms with Gasteiger partial charge in [-0.25, -0.2) is 14.2 Å². The molecule has 5 N–H and O–H groups in total. The van der Waals surface area contributed by atoms with Crippen molar-refractivity contribution in [2.75, 3.05) is 26.2 Å². The lowest BCUT2D eigenvalue weighted by atomic mass is 9.81. The van der Waals surface area contributed by atoms with Gasteiger partial charge < -0.3 is 30.6 Å². The highest BCUT2D eigenvalue weighted by Crippen LogP contribution is 2.45. The fourth-order valence-corrected chi connectivity index (χ4v) is 6.87. The number of fused-ring (bicyclic) bond motifs is 5. The van der Waals surface area contributed by atoms with Crippen LogP contribution in [0.3, 0.4) is 0 Å². The van der Waals surface area contributed by atoms with E-state index in [0.29, 0.717) is 47.4 Å². The molecular weight excluding hydrogens is 573 g/mol. The number of pyridine rings is 2. The van der Waals surface area contributed by atoms with E-state index in [1.807, 2.05) is 0 Å². The number of carbonyl (C=O) groups excluding carboxylic acids is 2. The second kappa shape index (κ2) is 11.1. The molecule has 0 spiro atoms. The van der Waals surface area contributed by atoms with Gasteiger partial charge in [-0.05, 0) is 48.9 Å². The summed E-state index contributed by atoms with van der Waals surface area (Å²) in [6.45, 7) is 3.78. The molecule has 0 radical (unpaired) electrons. The van der Waals surface area contributed by atoms with Crippen LogP contribution in [0.5, 0.6) is 0 Å². The van der Waals surface area contributed by atoms with Gasteiger partial charge in [0.2, 0.25) is 5.91 Å². The van der Waals surface area contributed by atoms with E-state index in [4.69, 9.17) is 15.5 Å². The Kier molecular flexibility index (Phi) is 7.50. The average molecular weight is 608 g/mol. The summed E-state index contributed by atoms with van der Waals surface area (Å²) in [7, 11) is 0. The van der Waals surface area contributed by atoms with Crippen LogP contribution in [0.2, 0.25) is 0 Å². The van der Waals surface area contributed by atoms with Gasteiger partial charge in [-0.1, -0.05) is 6.92 Å². The number of carboxylic acids is 1. The van der Waals surface area contributed by atoms with E-state index in [1.165, 1.54) is 10.6 Å². The molecule has 1 amide bonds. The highest BCUT2D eigenvalue weighted by atomic mass is 19.1. The standard InChI is InChI=1S/C31H34FN5O7/c1-3-31(43)19-10-23-28-17(12-37(23)29(41)18(19)14-44-30(31)42)27-21(34-24(38)6-8-36(9-7-33)13-25(39)40)5-4-16-15(2)20(32)11-22(35-28)26(16)27/h10-11,21,43H,3-9,12-14,33H2,1-2H3,(H,34,38)(H,39,40)/t21-,31-/m0/s1. The smallest absolute Gasteiger partial charge is 0.343 e. The number of halogens is 1. The van der Waals surface area contributed by atoms with Gasteiger partial charge in [0.25, 0.3) is 5.56 Å². The number of aromatic nitrogens is 2. The minimum absolute atomic E-state index is 0.00209. The molecule has 3 aliphatic rings. The Hall–Kier alpha value is -4.20. The number of ether oxygens (including phenoxy) is 1. The average Bonchev–Trinajstić information content (AvgIpc) is 3.35. The third kappa shape index (κ3) is 4.66. The molecule has 4 heterocycles. The van der Waals surface area contributed by atoms with E-state index in [-0.39, 0.29) is 62.7 Å². The molecular formula is C31H34FN5O7. The normalized spacial score (nSPS) is 19.9. The van der Waals surface area contributed by atoms with Crippen molar-refractivity contribution in [1.82, 2.24) is 19.8 Å². The molecule has 3 aromatic rings. The molecule has 0 unspecified atom stereocenters. The highest BCUT2D eigenvalue weighted by molar-refractivity contribution is 5.94. The number of carboxylic acid groups (broad SMARTS) is 1. The lowest BCUT2D eigenvalue weighted by Gasteiger charge is -2.31. The van der Waals surface area contributed by atoms with E-state index in [0.717, 1.165) is 16.5 Å². The topological polar surface area (TPSA) is 177 Å². The van der Waals surface area contributed by atoms with E-state index in [2.05, 4.69) is 5.32 Å². The van der Waals surface area contributed by atoms with Crippen LogP contribution in [0, 0.1) is 12.7 Å². The van der Waals surface area contributed by atoms with Gasteiger partial charge >= 0.3 is 11.9 Å². The number of benzene rings is 1. The molecule has 0 fully saturated rings. The number of nitrogens with one attached hydrogen (secondary N) is 1. The van der Waals surface area contributed by atoms with Crippen molar-refractivity contribution in [3.63, 3.8) is 0 Å². The maximum atomic E-state index is 15.1. The zero-order valence-electron chi connectivity index (χ0n) is 24.5. The van der Waals surface area contributed by atoms with Crippen molar-refractivity contribution in [3.05, 3.63) is 61.7 Å². The lowest BCUT2D eigenvalue weighted by molar-refractivity contribution is -0.172. The number of nitrogens with two attached hydrogens (primary N) is 1. The Balaban J connectivity index is 1.45. The zero-order valence-corrected chi connectivity index (χ0v) is 24.5. The van der Waals surface area contributed by atoms with Gasteiger partial charge in [0.15, 0.2) is 5.60 Å². The SMILES string of the molecule is CC[C@@]1(O)C(=O)OCc2c1cc1n(c2=O)Cc2c-1nc1cc(F)c(C)c3c1c2[C@@H](NC(=O)CCN(CCN)CC(=O)O)CC3. The molecule has 2 aliphatic heterocycles. The summed E-state index contributed by atoms with van der Waals surface area (Å²) in [5, 5.41) is 24.2. The largest absolute Gasteiger partial charge is 0.480 e. The maximum Gasteiger partial charge on any atom is 0.343 e. The molecule has 13 heteroatoms. The van der Waals surface area contributed by atoms with Crippen LogP contribution in [0.15, 0.2) is 16.9 Å². The molecule has 6 rings (SSSR count). The van der Waals surface area contributed by atoms with E-state index in [1.54, 1.807) is 24.8 Å². The summed E-state index contributed by atoms with van der Waals surface area (Å²) in [5.41, 5.74) is 7.56. The molecule has 232 valence electrons. The Morgan fingerprint density at radius 1 is 1.25 bits per heavy atom. The minimum atomic E-state index is -1.98. The van der Waals surface area contributed by atoms with Crippen LogP contribution in [0.1, 0.15) is 65.6 Å². The van der Waals surface area contributed by atoms with Gasteiger partial charge in [-0.15, -0.1) is 0 Å².